The Hall–Kier alpha value is -1.22. The van der Waals surface area contributed by atoms with Crippen molar-refractivity contribution in [3.8, 4) is 6.07 Å². The molecule has 0 aromatic heterocycles. The van der Waals surface area contributed by atoms with Crippen LogP contribution in [0.2, 0.25) is 0 Å². The van der Waals surface area contributed by atoms with Crippen molar-refractivity contribution < 1.29 is 14.4 Å². The van der Waals surface area contributed by atoms with Gasteiger partial charge < -0.3 is 10.2 Å². The smallest absolute Gasteiger partial charge is 0.0994 e. The second kappa shape index (κ2) is 6.38. The van der Waals surface area contributed by atoms with Crippen LogP contribution in [0.5, 0.6) is 0 Å². The number of nitrogens with zero attached hydrogens (tertiary/aromatic N) is 1. The molecule has 5 heteroatoms. The predicted molar refractivity (Wildman–Crippen MR) is 61.0 cm³/mol. The van der Waals surface area contributed by atoms with Crippen LogP contribution in [0.3, 0.4) is 0 Å². The first-order chi connectivity index (χ1) is 7.67. The van der Waals surface area contributed by atoms with Gasteiger partial charge in [0, 0.05) is 16.6 Å². The Kier molecular flexibility index (Phi) is 5.12. The van der Waals surface area contributed by atoms with E-state index in [1.54, 1.807) is 24.3 Å². The Morgan fingerprint density at radius 3 is 2.75 bits per heavy atom. The second-order valence-electron chi connectivity index (χ2n) is 3.36. The van der Waals surface area contributed by atoms with Crippen LogP contribution < -0.4 is 0 Å². The lowest BCUT2D eigenvalue weighted by molar-refractivity contribution is 0.113. The summed E-state index contributed by atoms with van der Waals surface area (Å²) >= 11 is 0. The van der Waals surface area contributed by atoms with Gasteiger partial charge in [-0.3, -0.25) is 4.21 Å². The molecule has 0 saturated heterocycles. The average Bonchev–Trinajstić information content (AvgIpc) is 2.29. The molecule has 0 saturated carbocycles. The van der Waals surface area contributed by atoms with Gasteiger partial charge in [-0.2, -0.15) is 5.26 Å². The molecule has 1 rings (SSSR count). The van der Waals surface area contributed by atoms with Gasteiger partial charge in [0.15, 0.2) is 0 Å². The maximum atomic E-state index is 11.6. The van der Waals surface area contributed by atoms with Crippen molar-refractivity contribution in [1.29, 1.82) is 5.26 Å². The molecule has 0 aliphatic rings. The fourth-order valence-corrected chi connectivity index (χ4v) is 2.51. The summed E-state index contributed by atoms with van der Waals surface area (Å²) in [5.41, 5.74) is 1.20. The Bertz CT molecular complexity index is 414. The molecule has 2 unspecified atom stereocenters. The third-order valence-corrected chi connectivity index (χ3v) is 3.43. The van der Waals surface area contributed by atoms with Gasteiger partial charge in [0.25, 0.3) is 0 Å². The molecule has 0 heterocycles. The molecule has 2 N–H and O–H groups in total. The third-order valence-electron chi connectivity index (χ3n) is 2.04. The van der Waals surface area contributed by atoms with E-state index in [4.69, 9.17) is 15.5 Å². The van der Waals surface area contributed by atoms with Crippen molar-refractivity contribution >= 4 is 10.8 Å². The fourth-order valence-electron chi connectivity index (χ4n) is 1.25. The zero-order chi connectivity index (χ0) is 12.0. The Morgan fingerprint density at radius 1 is 1.44 bits per heavy atom. The van der Waals surface area contributed by atoms with Crippen molar-refractivity contribution in [2.45, 2.75) is 11.9 Å². The third kappa shape index (κ3) is 3.74. The summed E-state index contributed by atoms with van der Waals surface area (Å²) < 4.78 is 11.6. The van der Waals surface area contributed by atoms with Crippen LogP contribution >= 0.6 is 0 Å². The topological polar surface area (TPSA) is 81.3 Å². The van der Waals surface area contributed by atoms with Crippen molar-refractivity contribution in [3.05, 3.63) is 35.4 Å². The summed E-state index contributed by atoms with van der Waals surface area (Å²) in [6, 6.07) is 8.94. The Morgan fingerprint density at radius 2 is 2.12 bits per heavy atom. The van der Waals surface area contributed by atoms with Crippen molar-refractivity contribution in [3.63, 3.8) is 0 Å². The van der Waals surface area contributed by atoms with E-state index in [0.29, 0.717) is 11.1 Å². The number of aliphatic hydroxyl groups is 2. The molecule has 0 radical (unpaired) electrons. The molecule has 0 aliphatic carbocycles. The first-order valence-electron chi connectivity index (χ1n) is 4.79. The lowest BCUT2D eigenvalue weighted by Gasteiger charge is -2.07. The molecule has 4 nitrogen and oxygen atoms in total. The summed E-state index contributed by atoms with van der Waals surface area (Å²) in [4.78, 5) is 0. The molecular formula is C11H13NO3S. The largest absolute Gasteiger partial charge is 0.394 e. The molecular weight excluding hydrogens is 226 g/mol. The van der Waals surface area contributed by atoms with Crippen molar-refractivity contribution in [2.75, 3.05) is 12.4 Å². The predicted octanol–water partition coefficient (Wildman–Crippen LogP) is 0.160. The van der Waals surface area contributed by atoms with Crippen LogP contribution in [0.25, 0.3) is 0 Å². The summed E-state index contributed by atoms with van der Waals surface area (Å²) in [5, 5.41) is 26.6. The lowest BCUT2D eigenvalue weighted by Crippen LogP contribution is -2.21. The van der Waals surface area contributed by atoms with Crippen LogP contribution in [0.4, 0.5) is 0 Å². The number of hydrogen-bond donors (Lipinski definition) is 2. The van der Waals surface area contributed by atoms with Gasteiger partial charge in [-0.15, -0.1) is 0 Å². The highest BCUT2D eigenvalue weighted by atomic mass is 32.2. The van der Waals surface area contributed by atoms with Gasteiger partial charge >= 0.3 is 0 Å². The normalized spacial score (nSPS) is 14.1. The highest BCUT2D eigenvalue weighted by molar-refractivity contribution is 7.84. The molecule has 0 bridgehead atoms. The molecule has 16 heavy (non-hydrogen) atoms. The maximum absolute atomic E-state index is 11.6. The van der Waals surface area contributed by atoms with Gasteiger partial charge in [-0.25, -0.2) is 0 Å². The van der Waals surface area contributed by atoms with E-state index in [1.807, 2.05) is 6.07 Å². The summed E-state index contributed by atoms with van der Waals surface area (Å²) in [7, 11) is -1.27. The van der Waals surface area contributed by atoms with Crippen LogP contribution in [0.1, 0.15) is 11.1 Å². The Labute approximate surface area is 96.6 Å². The van der Waals surface area contributed by atoms with E-state index in [9.17, 15) is 4.21 Å². The highest BCUT2D eigenvalue weighted by Crippen LogP contribution is 2.10. The monoisotopic (exact) mass is 239 g/mol. The standard InChI is InChI=1S/C11H13NO3S/c12-5-9-3-1-2-4-10(9)7-16(15)8-11(14)6-13/h1-4,11,13-14H,6-8H2. The first-order valence-corrected chi connectivity index (χ1v) is 6.28. The minimum Gasteiger partial charge on any atom is -0.394 e. The first kappa shape index (κ1) is 12.8. The quantitative estimate of drug-likeness (QED) is 0.767. The van der Waals surface area contributed by atoms with Gasteiger partial charge in [-0.05, 0) is 11.6 Å². The fraction of sp³-hybridized carbons (Fsp3) is 0.364. The molecule has 0 spiro atoms. The molecule has 0 aliphatic heterocycles. The van der Waals surface area contributed by atoms with E-state index in [2.05, 4.69) is 0 Å². The molecule has 2 atom stereocenters. The van der Waals surface area contributed by atoms with E-state index in [0.717, 1.165) is 0 Å². The van der Waals surface area contributed by atoms with E-state index < -0.39 is 23.5 Å². The van der Waals surface area contributed by atoms with E-state index in [-0.39, 0.29) is 11.5 Å². The van der Waals surface area contributed by atoms with E-state index >= 15 is 0 Å². The highest BCUT2D eigenvalue weighted by Gasteiger charge is 2.10. The van der Waals surface area contributed by atoms with E-state index in [1.165, 1.54) is 0 Å². The van der Waals surface area contributed by atoms with Crippen LogP contribution in [-0.4, -0.2) is 32.9 Å². The van der Waals surface area contributed by atoms with Crippen LogP contribution in [0, 0.1) is 11.3 Å². The maximum Gasteiger partial charge on any atom is 0.0994 e. The Balaban J connectivity index is 2.67. The van der Waals surface area contributed by atoms with Crippen LogP contribution in [-0.2, 0) is 16.6 Å². The molecule has 1 aromatic rings. The molecule has 86 valence electrons. The zero-order valence-corrected chi connectivity index (χ0v) is 9.48. The minimum absolute atomic E-state index is 0.0241. The van der Waals surface area contributed by atoms with Crippen LogP contribution in [0.15, 0.2) is 24.3 Å². The SMILES string of the molecule is N#Cc1ccccc1CS(=O)CC(O)CO. The summed E-state index contributed by atoms with van der Waals surface area (Å²) in [5.74, 6) is 0.247. The average molecular weight is 239 g/mol. The molecule has 0 amide bonds. The molecule has 1 aromatic carbocycles. The summed E-state index contributed by atoms with van der Waals surface area (Å²) in [6.07, 6.45) is -0.963. The molecule has 0 fully saturated rings. The lowest BCUT2D eigenvalue weighted by atomic mass is 10.1. The van der Waals surface area contributed by atoms with Gasteiger partial charge in [0.2, 0.25) is 0 Å². The summed E-state index contributed by atoms with van der Waals surface area (Å²) in [6.45, 7) is -0.397. The number of hydrogen-bond acceptors (Lipinski definition) is 4. The minimum atomic E-state index is -1.27. The van der Waals surface area contributed by atoms with Gasteiger partial charge in [-0.1, -0.05) is 18.2 Å². The van der Waals surface area contributed by atoms with Crippen molar-refractivity contribution in [2.24, 2.45) is 0 Å². The zero-order valence-electron chi connectivity index (χ0n) is 8.67. The van der Waals surface area contributed by atoms with Gasteiger partial charge in [0.05, 0.1) is 30.1 Å². The van der Waals surface area contributed by atoms with Gasteiger partial charge in [0.1, 0.15) is 0 Å². The number of rotatable bonds is 5. The van der Waals surface area contributed by atoms with Crippen molar-refractivity contribution in [1.82, 2.24) is 0 Å². The number of aliphatic hydroxyl groups excluding tert-OH is 2. The number of benzene rings is 1. The second-order valence-corrected chi connectivity index (χ2v) is 4.86. The number of nitriles is 1.